The lowest BCUT2D eigenvalue weighted by molar-refractivity contribution is -0.140. The van der Waals surface area contributed by atoms with Gasteiger partial charge in [0.25, 0.3) is 0 Å². The molecule has 0 atom stereocenters. The zero-order chi connectivity index (χ0) is 27.8. The monoisotopic (exact) mass is 530 g/mol. The third kappa shape index (κ3) is 7.16. The molecule has 2 amide bonds. The molecule has 0 saturated heterocycles. The van der Waals surface area contributed by atoms with Gasteiger partial charge in [-0.1, -0.05) is 42.5 Å². The number of benzene rings is 3. The first-order valence-electron chi connectivity index (χ1n) is 13.2. The van der Waals surface area contributed by atoms with Gasteiger partial charge in [-0.15, -0.1) is 0 Å². The van der Waals surface area contributed by atoms with Crippen molar-refractivity contribution < 1.29 is 29.0 Å². The number of carbonyl (C=O) groups is 3. The van der Waals surface area contributed by atoms with Crippen LogP contribution in [0.1, 0.15) is 41.5 Å². The summed E-state index contributed by atoms with van der Waals surface area (Å²) in [6.07, 6.45) is 2.02. The van der Waals surface area contributed by atoms with E-state index in [1.54, 1.807) is 0 Å². The predicted octanol–water partition coefficient (Wildman–Crippen LogP) is 5.42. The van der Waals surface area contributed by atoms with Crippen molar-refractivity contribution in [3.63, 3.8) is 0 Å². The molecule has 1 aliphatic heterocycles. The van der Waals surface area contributed by atoms with Gasteiger partial charge in [0.1, 0.15) is 5.75 Å². The van der Waals surface area contributed by atoms with Crippen LogP contribution in [0.15, 0.2) is 60.7 Å². The first kappa shape index (κ1) is 27.7. The molecule has 0 fully saturated rings. The minimum Gasteiger partial charge on any atom is -0.493 e. The molecule has 2 N–H and O–H groups in total. The fourth-order valence-corrected chi connectivity index (χ4v) is 4.78. The van der Waals surface area contributed by atoms with Gasteiger partial charge in [0.05, 0.1) is 6.61 Å². The van der Waals surface area contributed by atoms with Crippen molar-refractivity contribution in [2.75, 3.05) is 24.7 Å². The number of aryl methyl sites for hydroxylation is 1. The molecule has 39 heavy (non-hydrogen) atoms. The number of hydrogen-bond acceptors (Lipinski definition) is 5. The maximum absolute atomic E-state index is 13.2. The van der Waals surface area contributed by atoms with E-state index in [0.717, 1.165) is 52.1 Å². The average molecular weight is 531 g/mol. The largest absolute Gasteiger partial charge is 0.493 e. The summed E-state index contributed by atoms with van der Waals surface area (Å²) in [6.45, 7) is 4.80. The number of rotatable bonds is 10. The van der Waals surface area contributed by atoms with E-state index in [-0.39, 0.29) is 12.5 Å². The highest BCUT2D eigenvalue weighted by Gasteiger charge is 2.24. The van der Waals surface area contributed by atoms with E-state index in [1.165, 1.54) is 5.56 Å². The molecule has 3 aromatic carbocycles. The van der Waals surface area contributed by atoms with Crippen molar-refractivity contribution in [1.29, 1.82) is 0 Å². The van der Waals surface area contributed by atoms with Gasteiger partial charge in [-0.2, -0.15) is 0 Å². The van der Waals surface area contributed by atoms with Crippen LogP contribution in [0, 0.1) is 13.8 Å². The van der Waals surface area contributed by atoms with Gasteiger partial charge in [0.15, 0.2) is 6.61 Å². The van der Waals surface area contributed by atoms with Crippen LogP contribution in [0.3, 0.4) is 0 Å². The molecule has 3 aromatic rings. The summed E-state index contributed by atoms with van der Waals surface area (Å²) in [6, 6.07) is 19.8. The number of ether oxygens (including phenoxy) is 2. The lowest BCUT2D eigenvalue weighted by atomic mass is 9.91. The number of carbonyl (C=O) groups excluding carboxylic acids is 2. The smallest absolute Gasteiger partial charge is 0.407 e. The van der Waals surface area contributed by atoms with Gasteiger partial charge < -0.3 is 24.8 Å². The van der Waals surface area contributed by atoms with E-state index in [2.05, 4.69) is 29.1 Å². The molecule has 0 aliphatic carbocycles. The molecule has 4 rings (SSSR count). The van der Waals surface area contributed by atoms with Gasteiger partial charge >= 0.3 is 12.1 Å². The maximum atomic E-state index is 13.2. The number of alkyl carbamates (subject to hydrolysis) is 1. The third-order valence-corrected chi connectivity index (χ3v) is 6.90. The fourth-order valence-electron chi connectivity index (χ4n) is 4.78. The van der Waals surface area contributed by atoms with Crippen molar-refractivity contribution in [3.05, 3.63) is 82.9 Å². The molecule has 8 nitrogen and oxygen atoms in total. The van der Waals surface area contributed by atoms with Crippen molar-refractivity contribution in [3.8, 4) is 16.9 Å². The van der Waals surface area contributed by atoms with Gasteiger partial charge in [0.2, 0.25) is 5.91 Å². The average Bonchev–Trinajstić information content (AvgIpc) is 2.94. The summed E-state index contributed by atoms with van der Waals surface area (Å²) < 4.78 is 10.6. The van der Waals surface area contributed by atoms with E-state index < -0.39 is 18.7 Å². The molecular formula is C31H34N2O6. The second kappa shape index (κ2) is 13.0. The number of carboxylic acid groups (broad SMARTS) is 1. The lowest BCUT2D eigenvalue weighted by Gasteiger charge is -2.31. The van der Waals surface area contributed by atoms with Crippen LogP contribution < -0.4 is 15.0 Å². The highest BCUT2D eigenvalue weighted by atomic mass is 16.6. The number of aliphatic carboxylic acids is 1. The number of hydrogen-bond donors (Lipinski definition) is 2. The number of nitrogens with zero attached hydrogens (tertiary/aromatic N) is 1. The van der Waals surface area contributed by atoms with E-state index in [0.29, 0.717) is 26.0 Å². The normalized spacial score (nSPS) is 12.4. The zero-order valence-electron chi connectivity index (χ0n) is 22.4. The number of fused-ring (bicyclic) bond motifs is 1. The fraction of sp³-hybridized carbons (Fsp3) is 0.323. The Morgan fingerprint density at radius 1 is 1.03 bits per heavy atom. The highest BCUT2D eigenvalue weighted by molar-refractivity contribution is 5.96. The minimum atomic E-state index is -1.21. The molecular weight excluding hydrogens is 496 g/mol. The van der Waals surface area contributed by atoms with Crippen molar-refractivity contribution in [2.24, 2.45) is 0 Å². The van der Waals surface area contributed by atoms with E-state index in [1.807, 2.05) is 60.4 Å². The first-order valence-corrected chi connectivity index (χ1v) is 13.2. The van der Waals surface area contributed by atoms with E-state index >= 15 is 0 Å². The number of amides is 2. The van der Waals surface area contributed by atoms with Crippen LogP contribution in [-0.2, 0) is 27.3 Å². The number of anilines is 1. The standard InChI is InChI=1S/C31H34N2O6/c1-21-8-3-14-28(22(21)2)38-17-7-15-29(34)33-16-6-12-26-25(11-5-13-27(26)33)24-10-4-9-23(18-24)19-32-31(37)39-20-30(35)36/h3-5,8-11,13-14,18H,6-7,12,15-17,19-20H2,1-2H3,(H,32,37)(H,35,36). The number of carboxylic acids is 1. The molecule has 1 heterocycles. The Morgan fingerprint density at radius 2 is 1.82 bits per heavy atom. The summed E-state index contributed by atoms with van der Waals surface area (Å²) in [5.74, 6) is -0.250. The Morgan fingerprint density at radius 3 is 2.64 bits per heavy atom. The Labute approximate surface area is 228 Å². The quantitative estimate of drug-likeness (QED) is 0.339. The van der Waals surface area contributed by atoms with Gasteiger partial charge in [0, 0.05) is 25.2 Å². The van der Waals surface area contributed by atoms with Gasteiger partial charge in [-0.25, -0.2) is 9.59 Å². The first-order chi connectivity index (χ1) is 18.8. The summed E-state index contributed by atoms with van der Waals surface area (Å²) in [5, 5.41) is 11.2. The summed E-state index contributed by atoms with van der Waals surface area (Å²) in [4.78, 5) is 37.4. The van der Waals surface area contributed by atoms with Gasteiger partial charge in [-0.05, 0) is 84.7 Å². The Balaban J connectivity index is 1.40. The van der Waals surface area contributed by atoms with Crippen molar-refractivity contribution in [2.45, 2.75) is 46.1 Å². The molecule has 0 bridgehead atoms. The summed E-state index contributed by atoms with van der Waals surface area (Å²) in [5.41, 5.74) is 7.28. The van der Waals surface area contributed by atoms with Crippen LogP contribution >= 0.6 is 0 Å². The van der Waals surface area contributed by atoms with Gasteiger partial charge in [-0.3, -0.25) is 4.79 Å². The van der Waals surface area contributed by atoms with E-state index in [4.69, 9.17) is 9.84 Å². The summed E-state index contributed by atoms with van der Waals surface area (Å²) in [7, 11) is 0. The molecule has 0 spiro atoms. The second-order valence-electron chi connectivity index (χ2n) is 9.63. The van der Waals surface area contributed by atoms with Crippen LogP contribution in [0.25, 0.3) is 11.1 Å². The van der Waals surface area contributed by atoms with Crippen LogP contribution in [0.5, 0.6) is 5.75 Å². The zero-order valence-corrected chi connectivity index (χ0v) is 22.4. The Kier molecular flexibility index (Phi) is 9.20. The maximum Gasteiger partial charge on any atom is 0.407 e. The summed E-state index contributed by atoms with van der Waals surface area (Å²) >= 11 is 0. The molecule has 0 unspecified atom stereocenters. The van der Waals surface area contributed by atoms with Crippen LogP contribution in [0.4, 0.5) is 10.5 Å². The van der Waals surface area contributed by atoms with Crippen molar-refractivity contribution in [1.82, 2.24) is 5.32 Å². The Hall–Kier alpha value is -4.33. The highest BCUT2D eigenvalue weighted by Crippen LogP contribution is 2.36. The lowest BCUT2D eigenvalue weighted by Crippen LogP contribution is -2.35. The predicted molar refractivity (Wildman–Crippen MR) is 149 cm³/mol. The molecule has 0 radical (unpaired) electrons. The molecule has 0 saturated carbocycles. The van der Waals surface area contributed by atoms with Crippen LogP contribution in [-0.4, -0.2) is 42.8 Å². The Bertz CT molecular complexity index is 1350. The van der Waals surface area contributed by atoms with Crippen LogP contribution in [0.2, 0.25) is 0 Å². The molecule has 8 heteroatoms. The topological polar surface area (TPSA) is 105 Å². The molecule has 0 aromatic heterocycles. The molecule has 1 aliphatic rings. The van der Waals surface area contributed by atoms with E-state index in [9.17, 15) is 14.4 Å². The van der Waals surface area contributed by atoms with Crippen molar-refractivity contribution >= 4 is 23.7 Å². The SMILES string of the molecule is Cc1cccc(OCCCC(=O)N2CCCc3c(-c4cccc(CNC(=O)OCC(=O)O)c4)cccc32)c1C. The number of nitrogens with one attached hydrogen (secondary N) is 1. The minimum absolute atomic E-state index is 0.0930. The third-order valence-electron chi connectivity index (χ3n) is 6.90. The second-order valence-corrected chi connectivity index (χ2v) is 9.63. The molecule has 204 valence electrons.